The lowest BCUT2D eigenvalue weighted by molar-refractivity contribution is -0.147. The number of hydrogen-bond acceptors (Lipinski definition) is 3. The zero-order valence-electron chi connectivity index (χ0n) is 9.32. The summed E-state index contributed by atoms with van der Waals surface area (Å²) >= 11 is 0. The second-order valence-corrected chi connectivity index (χ2v) is 4.37. The van der Waals surface area contributed by atoms with Gasteiger partial charge in [0.05, 0.1) is 24.8 Å². The lowest BCUT2D eigenvalue weighted by Crippen LogP contribution is -2.59. The molecule has 1 atom stereocenters. The molecule has 0 aromatic rings. The maximum absolute atomic E-state index is 12.0. The fourth-order valence-electron chi connectivity index (χ4n) is 1.68. The monoisotopic (exact) mass is 210 g/mol. The summed E-state index contributed by atoms with van der Waals surface area (Å²) in [7, 11) is 0. The second-order valence-electron chi connectivity index (χ2n) is 4.37. The van der Waals surface area contributed by atoms with Crippen molar-refractivity contribution in [3.8, 4) is 12.3 Å². The molecule has 0 aliphatic carbocycles. The molecule has 1 aliphatic rings. The van der Waals surface area contributed by atoms with Crippen molar-refractivity contribution in [3.63, 3.8) is 0 Å². The molecule has 0 saturated carbocycles. The molecular weight excluding hydrogens is 192 g/mol. The van der Waals surface area contributed by atoms with Crippen molar-refractivity contribution in [1.29, 1.82) is 0 Å². The van der Waals surface area contributed by atoms with Crippen molar-refractivity contribution in [3.05, 3.63) is 0 Å². The van der Waals surface area contributed by atoms with Crippen LogP contribution in [0.1, 0.15) is 20.3 Å². The van der Waals surface area contributed by atoms with E-state index in [9.17, 15) is 4.79 Å². The minimum absolute atomic E-state index is 0.0822. The third-order valence-corrected chi connectivity index (χ3v) is 2.57. The largest absolute Gasteiger partial charge is 0.377 e. The first-order valence-electron chi connectivity index (χ1n) is 5.07. The van der Waals surface area contributed by atoms with E-state index in [-0.39, 0.29) is 17.9 Å². The molecule has 0 aromatic carbocycles. The van der Waals surface area contributed by atoms with Crippen LogP contribution >= 0.6 is 0 Å². The predicted molar refractivity (Wildman–Crippen MR) is 58.0 cm³/mol. The highest BCUT2D eigenvalue weighted by Gasteiger charge is 2.35. The molecule has 0 radical (unpaired) electrons. The summed E-state index contributed by atoms with van der Waals surface area (Å²) in [6.45, 7) is 5.63. The van der Waals surface area contributed by atoms with Gasteiger partial charge in [0.15, 0.2) is 0 Å². The molecule has 1 aliphatic heterocycles. The Morgan fingerprint density at radius 1 is 1.73 bits per heavy atom. The van der Waals surface area contributed by atoms with Gasteiger partial charge in [-0.2, -0.15) is 0 Å². The summed E-state index contributed by atoms with van der Waals surface area (Å²) < 4.78 is 5.33. The van der Waals surface area contributed by atoms with E-state index in [0.29, 0.717) is 19.8 Å². The Morgan fingerprint density at radius 2 is 2.40 bits per heavy atom. The van der Waals surface area contributed by atoms with Gasteiger partial charge in [0.1, 0.15) is 0 Å². The number of amides is 1. The van der Waals surface area contributed by atoms with Crippen LogP contribution in [0.2, 0.25) is 0 Å². The van der Waals surface area contributed by atoms with Gasteiger partial charge in [0.2, 0.25) is 5.91 Å². The standard InChI is InChI=1S/C11H18N2O2/c1-4-5-9(12)10(14)13-6-7-15-8-11(13,2)3/h1,9H,5-8,12H2,2-3H3. The zero-order valence-corrected chi connectivity index (χ0v) is 9.32. The summed E-state index contributed by atoms with van der Waals surface area (Å²) in [5.41, 5.74) is 5.42. The van der Waals surface area contributed by atoms with E-state index in [1.807, 2.05) is 13.8 Å². The number of morpholine rings is 1. The summed E-state index contributed by atoms with van der Waals surface area (Å²) in [6, 6.07) is -0.590. The molecule has 0 aromatic heterocycles. The summed E-state index contributed by atoms with van der Waals surface area (Å²) in [4.78, 5) is 13.7. The van der Waals surface area contributed by atoms with Crippen LogP contribution in [0, 0.1) is 12.3 Å². The van der Waals surface area contributed by atoms with Crippen LogP contribution in [-0.4, -0.2) is 42.1 Å². The molecule has 1 heterocycles. The van der Waals surface area contributed by atoms with E-state index in [0.717, 1.165) is 0 Å². The van der Waals surface area contributed by atoms with Crippen LogP contribution < -0.4 is 5.73 Å². The van der Waals surface area contributed by atoms with Crippen LogP contribution in [-0.2, 0) is 9.53 Å². The Morgan fingerprint density at radius 3 is 2.93 bits per heavy atom. The number of hydrogen-bond donors (Lipinski definition) is 1. The molecule has 0 bridgehead atoms. The number of nitrogens with two attached hydrogens (primary N) is 1. The first kappa shape index (κ1) is 12.0. The van der Waals surface area contributed by atoms with Crippen molar-refractivity contribution in [1.82, 2.24) is 4.90 Å². The van der Waals surface area contributed by atoms with Gasteiger partial charge in [-0.1, -0.05) is 0 Å². The topological polar surface area (TPSA) is 55.6 Å². The normalized spacial score (nSPS) is 21.9. The van der Waals surface area contributed by atoms with Crippen molar-refractivity contribution in [2.24, 2.45) is 5.73 Å². The van der Waals surface area contributed by atoms with Gasteiger partial charge in [-0.3, -0.25) is 4.79 Å². The molecule has 1 saturated heterocycles. The lowest BCUT2D eigenvalue weighted by Gasteiger charge is -2.43. The van der Waals surface area contributed by atoms with Gasteiger partial charge in [0.25, 0.3) is 0 Å². The van der Waals surface area contributed by atoms with Crippen LogP contribution in [0.25, 0.3) is 0 Å². The van der Waals surface area contributed by atoms with Gasteiger partial charge in [-0.25, -0.2) is 0 Å². The van der Waals surface area contributed by atoms with Crippen LogP contribution in [0.4, 0.5) is 0 Å². The molecule has 1 amide bonds. The minimum atomic E-state index is -0.590. The van der Waals surface area contributed by atoms with E-state index < -0.39 is 6.04 Å². The highest BCUT2D eigenvalue weighted by molar-refractivity contribution is 5.82. The quantitative estimate of drug-likeness (QED) is 0.651. The molecule has 4 nitrogen and oxygen atoms in total. The highest BCUT2D eigenvalue weighted by Crippen LogP contribution is 2.19. The number of ether oxygens (including phenoxy) is 1. The van der Waals surface area contributed by atoms with E-state index in [4.69, 9.17) is 16.9 Å². The van der Waals surface area contributed by atoms with E-state index in [2.05, 4.69) is 5.92 Å². The minimum Gasteiger partial charge on any atom is -0.377 e. The smallest absolute Gasteiger partial charge is 0.241 e. The molecule has 1 rings (SSSR count). The molecule has 4 heteroatoms. The average molecular weight is 210 g/mol. The first-order valence-corrected chi connectivity index (χ1v) is 5.07. The Hall–Kier alpha value is -1.05. The molecule has 2 N–H and O–H groups in total. The fourth-order valence-corrected chi connectivity index (χ4v) is 1.68. The SMILES string of the molecule is C#CCC(N)C(=O)N1CCOCC1(C)C. The zero-order chi connectivity index (χ0) is 11.5. The van der Waals surface area contributed by atoms with Gasteiger partial charge in [-0.15, -0.1) is 12.3 Å². The third-order valence-electron chi connectivity index (χ3n) is 2.57. The predicted octanol–water partition coefficient (Wildman–Crippen LogP) is -0.0256. The highest BCUT2D eigenvalue weighted by atomic mass is 16.5. The molecule has 0 spiro atoms. The van der Waals surface area contributed by atoms with Crippen LogP contribution in [0.5, 0.6) is 0 Å². The number of terminal acetylenes is 1. The molecule has 15 heavy (non-hydrogen) atoms. The maximum Gasteiger partial charge on any atom is 0.241 e. The Bertz CT molecular complexity index is 281. The number of carbonyl (C=O) groups is 1. The first-order chi connectivity index (χ1) is 6.99. The Labute approximate surface area is 90.8 Å². The number of carbonyl (C=O) groups excluding carboxylic acids is 1. The summed E-state index contributed by atoms with van der Waals surface area (Å²) in [5, 5.41) is 0. The number of nitrogens with zero attached hydrogens (tertiary/aromatic N) is 1. The summed E-state index contributed by atoms with van der Waals surface area (Å²) in [6.07, 6.45) is 5.42. The van der Waals surface area contributed by atoms with Crippen LogP contribution in [0.15, 0.2) is 0 Å². The second kappa shape index (κ2) is 4.65. The summed E-state index contributed by atoms with van der Waals surface area (Å²) in [5.74, 6) is 2.33. The molecule has 1 unspecified atom stereocenters. The Balaban J connectivity index is 2.69. The van der Waals surface area contributed by atoms with Gasteiger partial charge in [0, 0.05) is 13.0 Å². The van der Waals surface area contributed by atoms with E-state index in [1.54, 1.807) is 4.90 Å². The average Bonchev–Trinajstić information content (AvgIpc) is 2.16. The molecular formula is C11H18N2O2. The third kappa shape index (κ3) is 2.71. The lowest BCUT2D eigenvalue weighted by atomic mass is 10.0. The van der Waals surface area contributed by atoms with Crippen LogP contribution in [0.3, 0.4) is 0 Å². The van der Waals surface area contributed by atoms with Gasteiger partial charge in [-0.05, 0) is 13.8 Å². The molecule has 84 valence electrons. The maximum atomic E-state index is 12.0. The van der Waals surface area contributed by atoms with E-state index >= 15 is 0 Å². The van der Waals surface area contributed by atoms with Gasteiger partial charge < -0.3 is 15.4 Å². The van der Waals surface area contributed by atoms with E-state index in [1.165, 1.54) is 0 Å². The fraction of sp³-hybridized carbons (Fsp3) is 0.727. The molecule has 1 fully saturated rings. The van der Waals surface area contributed by atoms with Gasteiger partial charge >= 0.3 is 0 Å². The van der Waals surface area contributed by atoms with Crippen molar-refractivity contribution >= 4 is 5.91 Å². The van der Waals surface area contributed by atoms with Crippen molar-refractivity contribution < 1.29 is 9.53 Å². The Kier molecular flexibility index (Phi) is 3.72. The van der Waals surface area contributed by atoms with Crippen molar-refractivity contribution in [2.45, 2.75) is 31.8 Å². The van der Waals surface area contributed by atoms with Crippen molar-refractivity contribution in [2.75, 3.05) is 19.8 Å². The number of rotatable bonds is 2.